The third kappa shape index (κ3) is 4.73. The molecule has 0 spiro atoms. The fourth-order valence-electron chi connectivity index (χ4n) is 3.96. The molecule has 0 aromatic heterocycles. The molecule has 1 aromatic carbocycles. The number of amides is 1. The van der Waals surface area contributed by atoms with Gasteiger partial charge in [-0.05, 0) is 56.8 Å². The summed E-state index contributed by atoms with van der Waals surface area (Å²) in [5.41, 5.74) is 6.98. The van der Waals surface area contributed by atoms with Crippen molar-refractivity contribution in [1.82, 2.24) is 9.21 Å². The SMILES string of the molecule is CC[C@@H](CN(C)S(=O)C1CC1)N1C(=O)[C@@H](CN)CCC1c1ccc(Cl)cc1. The van der Waals surface area contributed by atoms with Gasteiger partial charge in [-0.15, -0.1) is 0 Å². The summed E-state index contributed by atoms with van der Waals surface area (Å²) in [7, 11) is 0.947. The zero-order chi connectivity index (χ0) is 19.6. The van der Waals surface area contributed by atoms with E-state index in [0.717, 1.165) is 37.7 Å². The molecule has 1 aliphatic carbocycles. The fourth-order valence-corrected chi connectivity index (χ4v) is 5.45. The summed E-state index contributed by atoms with van der Waals surface area (Å²) >= 11 is 6.05. The number of hydrogen-bond acceptors (Lipinski definition) is 3. The van der Waals surface area contributed by atoms with Crippen molar-refractivity contribution < 1.29 is 9.00 Å². The smallest absolute Gasteiger partial charge is 0.227 e. The van der Waals surface area contributed by atoms with Crippen LogP contribution < -0.4 is 5.73 Å². The molecule has 5 nitrogen and oxygen atoms in total. The minimum Gasteiger partial charge on any atom is -0.331 e. The molecular formula is C20H30ClN3O2S. The van der Waals surface area contributed by atoms with Crippen LogP contribution >= 0.6 is 11.6 Å². The highest BCUT2D eigenvalue weighted by molar-refractivity contribution is 7.83. The molecule has 0 bridgehead atoms. The van der Waals surface area contributed by atoms with Gasteiger partial charge in [-0.1, -0.05) is 30.7 Å². The second-order valence-electron chi connectivity index (χ2n) is 7.67. The first-order valence-electron chi connectivity index (χ1n) is 9.85. The van der Waals surface area contributed by atoms with Gasteiger partial charge in [0.1, 0.15) is 0 Å². The quantitative estimate of drug-likeness (QED) is 0.714. The van der Waals surface area contributed by atoms with E-state index in [-0.39, 0.29) is 23.9 Å². The Morgan fingerprint density at radius 1 is 1.26 bits per heavy atom. The Morgan fingerprint density at radius 2 is 1.93 bits per heavy atom. The number of carbonyl (C=O) groups excluding carboxylic acids is 1. The first kappa shape index (κ1) is 20.8. The van der Waals surface area contributed by atoms with E-state index in [2.05, 4.69) is 6.92 Å². The van der Waals surface area contributed by atoms with Crippen LogP contribution in [0, 0.1) is 5.92 Å². The van der Waals surface area contributed by atoms with Crippen LogP contribution in [0.25, 0.3) is 0 Å². The van der Waals surface area contributed by atoms with Gasteiger partial charge in [-0.3, -0.25) is 4.79 Å². The molecule has 2 aliphatic rings. The van der Waals surface area contributed by atoms with Gasteiger partial charge >= 0.3 is 0 Å². The molecule has 1 aromatic rings. The average Bonchev–Trinajstić information content (AvgIpc) is 3.51. The van der Waals surface area contributed by atoms with Crippen molar-refractivity contribution in [2.75, 3.05) is 20.1 Å². The lowest BCUT2D eigenvalue weighted by atomic mass is 9.86. The van der Waals surface area contributed by atoms with E-state index in [1.54, 1.807) is 0 Å². The predicted octanol–water partition coefficient (Wildman–Crippen LogP) is 3.11. The van der Waals surface area contributed by atoms with Crippen LogP contribution in [0.1, 0.15) is 50.6 Å². The van der Waals surface area contributed by atoms with Crippen molar-refractivity contribution in [1.29, 1.82) is 0 Å². The lowest BCUT2D eigenvalue weighted by Gasteiger charge is -2.44. The van der Waals surface area contributed by atoms with Crippen molar-refractivity contribution in [3.05, 3.63) is 34.9 Å². The molecule has 0 radical (unpaired) electrons. The molecule has 1 saturated carbocycles. The van der Waals surface area contributed by atoms with Crippen molar-refractivity contribution in [2.24, 2.45) is 11.7 Å². The molecule has 2 fully saturated rings. The number of nitrogens with two attached hydrogens (primary N) is 1. The molecule has 27 heavy (non-hydrogen) atoms. The maximum absolute atomic E-state index is 13.2. The maximum atomic E-state index is 13.2. The van der Waals surface area contributed by atoms with Crippen molar-refractivity contribution in [2.45, 2.75) is 56.4 Å². The van der Waals surface area contributed by atoms with Crippen LogP contribution in [-0.2, 0) is 15.8 Å². The Labute approximate surface area is 169 Å². The molecule has 1 saturated heterocycles. The summed E-state index contributed by atoms with van der Waals surface area (Å²) in [6.45, 7) is 3.09. The second-order valence-corrected chi connectivity index (χ2v) is 9.95. The molecule has 3 rings (SSSR count). The van der Waals surface area contributed by atoms with Gasteiger partial charge in [0.15, 0.2) is 0 Å². The number of carbonyl (C=O) groups is 1. The first-order chi connectivity index (χ1) is 13.0. The number of hydrogen-bond donors (Lipinski definition) is 1. The molecule has 150 valence electrons. The summed E-state index contributed by atoms with van der Waals surface area (Å²) in [4.78, 5) is 15.2. The van der Waals surface area contributed by atoms with Crippen LogP contribution in [0.5, 0.6) is 0 Å². The largest absolute Gasteiger partial charge is 0.331 e. The Morgan fingerprint density at radius 3 is 2.48 bits per heavy atom. The van der Waals surface area contributed by atoms with Gasteiger partial charge in [0, 0.05) is 29.4 Å². The van der Waals surface area contributed by atoms with Crippen LogP contribution in [0.3, 0.4) is 0 Å². The zero-order valence-electron chi connectivity index (χ0n) is 16.1. The lowest BCUT2D eigenvalue weighted by molar-refractivity contribution is -0.145. The second kappa shape index (κ2) is 9.03. The highest BCUT2D eigenvalue weighted by Gasteiger charge is 2.40. The van der Waals surface area contributed by atoms with E-state index in [0.29, 0.717) is 23.4 Å². The van der Waals surface area contributed by atoms with Gasteiger partial charge in [0.2, 0.25) is 5.91 Å². The Kier molecular flexibility index (Phi) is 6.95. The first-order valence-corrected chi connectivity index (χ1v) is 11.4. The molecule has 7 heteroatoms. The fraction of sp³-hybridized carbons (Fsp3) is 0.650. The summed E-state index contributed by atoms with van der Waals surface area (Å²) < 4.78 is 14.5. The highest BCUT2D eigenvalue weighted by atomic mass is 35.5. The monoisotopic (exact) mass is 411 g/mol. The van der Waals surface area contributed by atoms with Gasteiger partial charge in [0.25, 0.3) is 0 Å². The maximum Gasteiger partial charge on any atom is 0.227 e. The topological polar surface area (TPSA) is 66.6 Å². The van der Waals surface area contributed by atoms with Crippen LogP contribution in [0.15, 0.2) is 24.3 Å². The van der Waals surface area contributed by atoms with Gasteiger partial charge < -0.3 is 10.6 Å². The predicted molar refractivity (Wildman–Crippen MR) is 111 cm³/mol. The summed E-state index contributed by atoms with van der Waals surface area (Å²) in [6, 6.07) is 7.81. The van der Waals surface area contributed by atoms with Crippen molar-refractivity contribution >= 4 is 28.5 Å². The summed E-state index contributed by atoms with van der Waals surface area (Å²) in [6.07, 6.45) is 4.60. The minimum atomic E-state index is -0.959. The van der Waals surface area contributed by atoms with Crippen molar-refractivity contribution in [3.63, 3.8) is 0 Å². The average molecular weight is 412 g/mol. The van der Waals surface area contributed by atoms with E-state index in [4.69, 9.17) is 17.3 Å². The molecule has 2 unspecified atom stereocenters. The van der Waals surface area contributed by atoms with Gasteiger partial charge in [-0.2, -0.15) is 0 Å². The molecule has 1 aliphatic heterocycles. The third-order valence-corrected chi connectivity index (χ3v) is 7.77. The number of halogens is 1. The van der Waals surface area contributed by atoms with Crippen molar-refractivity contribution in [3.8, 4) is 0 Å². The zero-order valence-corrected chi connectivity index (χ0v) is 17.7. The standard InChI is InChI=1S/C20H30ClN3O2S/c1-3-17(13-23(2)27(26)18-9-10-18)24-19(11-6-15(12-22)20(24)25)14-4-7-16(21)8-5-14/h4-5,7-8,15,17-19H,3,6,9-13,22H2,1-2H3/t15-,17+,19?,27?/m1/s1. The third-order valence-electron chi connectivity index (χ3n) is 5.72. The number of piperidine rings is 1. The van der Waals surface area contributed by atoms with Gasteiger partial charge in [0.05, 0.1) is 22.9 Å². The number of nitrogens with zero attached hydrogens (tertiary/aromatic N) is 2. The Balaban J connectivity index is 1.84. The van der Waals surface area contributed by atoms with Crippen LogP contribution in [-0.4, -0.2) is 50.8 Å². The van der Waals surface area contributed by atoms with Crippen LogP contribution in [0.4, 0.5) is 0 Å². The summed E-state index contributed by atoms with van der Waals surface area (Å²) in [5, 5.41) is 0.993. The summed E-state index contributed by atoms with van der Waals surface area (Å²) in [5.74, 6) is 0.00277. The Hall–Kier alpha value is -0.950. The van der Waals surface area contributed by atoms with Crippen LogP contribution in [0.2, 0.25) is 5.02 Å². The van der Waals surface area contributed by atoms with E-state index in [1.165, 1.54) is 0 Å². The number of rotatable bonds is 8. The number of likely N-dealkylation sites (N-methyl/N-ethyl adjacent to an activating group) is 1. The molecule has 1 amide bonds. The van der Waals surface area contributed by atoms with Gasteiger partial charge in [-0.25, -0.2) is 8.51 Å². The Bertz CT molecular complexity index is 680. The highest BCUT2D eigenvalue weighted by Crippen LogP contribution is 2.37. The molecule has 2 N–H and O–H groups in total. The molecule has 4 atom stereocenters. The van der Waals surface area contributed by atoms with E-state index >= 15 is 0 Å². The number of likely N-dealkylation sites (tertiary alicyclic amines) is 1. The molecular weight excluding hydrogens is 382 g/mol. The minimum absolute atomic E-state index is 0.0141. The van der Waals surface area contributed by atoms with E-state index in [1.807, 2.05) is 40.5 Å². The molecule has 1 heterocycles. The number of benzene rings is 1. The van der Waals surface area contributed by atoms with E-state index < -0.39 is 11.0 Å². The lowest BCUT2D eigenvalue weighted by Crippen LogP contribution is -2.53. The normalized spacial score (nSPS) is 25.7. The van der Waals surface area contributed by atoms with E-state index in [9.17, 15) is 9.00 Å².